The van der Waals surface area contributed by atoms with Crippen molar-refractivity contribution >= 4 is 89.9 Å². The van der Waals surface area contributed by atoms with Gasteiger partial charge >= 0.3 is 5.20 Å². The molecule has 0 aromatic heterocycles. The topological polar surface area (TPSA) is 17.1 Å². The van der Waals surface area contributed by atoms with Crippen LogP contribution >= 0.6 is 89.9 Å². The van der Waals surface area contributed by atoms with E-state index in [0.29, 0.717) is 0 Å². The van der Waals surface area contributed by atoms with Gasteiger partial charge in [0.2, 0.25) is 0 Å². The fourth-order valence-corrected chi connectivity index (χ4v) is 0. The standard InChI is InChI=1S/3BrH.Cl3OP/c;;;1-5(2,3)4/h3*1H;. The lowest BCUT2D eigenvalue weighted by Crippen LogP contribution is -1.19. The van der Waals surface area contributed by atoms with Crippen LogP contribution in [0.2, 0.25) is 0 Å². The van der Waals surface area contributed by atoms with Crippen molar-refractivity contribution in [1.29, 1.82) is 0 Å². The minimum atomic E-state index is -3.22. The maximum Gasteiger partial charge on any atom is 0.339 e. The third-order valence-corrected chi connectivity index (χ3v) is 0. The zero-order valence-corrected chi connectivity index (χ0v) is 11.5. The fraction of sp³-hybridized carbons (Fsp3) is 0. The van der Waals surface area contributed by atoms with Gasteiger partial charge in [-0.2, -0.15) is 0 Å². The minimum Gasteiger partial charge on any atom is -0.271 e. The summed E-state index contributed by atoms with van der Waals surface area (Å²) in [4.78, 5) is 0. The zero-order chi connectivity index (χ0) is 4.50. The van der Waals surface area contributed by atoms with Gasteiger partial charge in [0.1, 0.15) is 0 Å². The van der Waals surface area contributed by atoms with Crippen molar-refractivity contribution < 1.29 is 4.57 Å². The minimum absolute atomic E-state index is 0. The quantitative estimate of drug-likeness (QED) is 0.550. The molecule has 0 N–H and O–H groups in total. The van der Waals surface area contributed by atoms with Gasteiger partial charge in [0.05, 0.1) is 0 Å². The van der Waals surface area contributed by atoms with Gasteiger partial charge in [0.25, 0.3) is 0 Å². The molecule has 0 aromatic carbocycles. The molecule has 0 amide bonds. The molecule has 0 saturated heterocycles. The summed E-state index contributed by atoms with van der Waals surface area (Å²) in [6.07, 6.45) is 0. The molecule has 0 spiro atoms. The van der Waals surface area contributed by atoms with E-state index < -0.39 is 5.20 Å². The van der Waals surface area contributed by atoms with Crippen molar-refractivity contribution in [3.8, 4) is 0 Å². The predicted octanol–water partition coefficient (Wildman–Crippen LogP) is 4.54. The first-order valence-electron chi connectivity index (χ1n) is 0.690. The molecule has 0 aliphatic carbocycles. The van der Waals surface area contributed by atoms with E-state index in [1.807, 2.05) is 0 Å². The first-order chi connectivity index (χ1) is 2.00. The molecular formula is H3Br3Cl3OP. The molecule has 0 bridgehead atoms. The maximum atomic E-state index is 9.51. The number of halogens is 6. The maximum absolute atomic E-state index is 9.51. The van der Waals surface area contributed by atoms with Gasteiger partial charge in [0, 0.05) is 0 Å². The highest BCUT2D eigenvalue weighted by molar-refractivity contribution is 8.93. The molecule has 0 saturated carbocycles. The Bertz CT molecular complexity index is 60.7. The van der Waals surface area contributed by atoms with Gasteiger partial charge in [-0.25, -0.2) is 0 Å². The Morgan fingerprint density at radius 2 is 0.875 bits per heavy atom. The number of hydrogen-bond donors (Lipinski definition) is 0. The summed E-state index contributed by atoms with van der Waals surface area (Å²) < 4.78 is 9.51. The van der Waals surface area contributed by atoms with Gasteiger partial charge in [-0.1, -0.05) is 0 Å². The van der Waals surface area contributed by atoms with Crippen LogP contribution in [0.25, 0.3) is 0 Å². The zero-order valence-electron chi connectivity index (χ0n) is 3.21. The van der Waals surface area contributed by atoms with Crippen molar-refractivity contribution in [3.05, 3.63) is 0 Å². The molecule has 56 valence electrons. The van der Waals surface area contributed by atoms with Gasteiger partial charge in [-0.05, 0) is 33.7 Å². The van der Waals surface area contributed by atoms with Crippen LogP contribution in [0.3, 0.4) is 0 Å². The van der Waals surface area contributed by atoms with E-state index in [0.717, 1.165) is 0 Å². The molecular weight excluding hydrogens is 393 g/mol. The van der Waals surface area contributed by atoms with Gasteiger partial charge in [-0.15, -0.1) is 50.9 Å². The fourth-order valence-electron chi connectivity index (χ4n) is 0. The highest BCUT2D eigenvalue weighted by atomic mass is 79.9. The lowest BCUT2D eigenvalue weighted by molar-refractivity contribution is 0.600. The summed E-state index contributed by atoms with van der Waals surface area (Å²) >= 11 is 13.8. The predicted molar refractivity (Wildman–Crippen MR) is 56.1 cm³/mol. The molecule has 0 aliphatic rings. The smallest absolute Gasteiger partial charge is 0.271 e. The second kappa shape index (κ2) is 9.54. The average molecular weight is 396 g/mol. The van der Waals surface area contributed by atoms with Crippen LogP contribution in [0.15, 0.2) is 0 Å². The highest BCUT2D eigenvalue weighted by Gasteiger charge is 2.02. The van der Waals surface area contributed by atoms with Crippen LogP contribution in [0.4, 0.5) is 0 Å². The number of hydrogen-bond acceptors (Lipinski definition) is 1. The van der Waals surface area contributed by atoms with Crippen LogP contribution in [0, 0.1) is 0 Å². The molecule has 0 atom stereocenters. The average Bonchev–Trinajstić information content (AvgIpc) is 0.722. The summed E-state index contributed by atoms with van der Waals surface area (Å²) in [6.45, 7) is 0. The normalized spacial score (nSPS) is 7.38. The Labute approximate surface area is 93.5 Å². The Hall–Kier alpha value is 2.54. The third-order valence-electron chi connectivity index (χ3n) is 0. The molecule has 0 radical (unpaired) electrons. The van der Waals surface area contributed by atoms with Gasteiger partial charge in [0.15, 0.2) is 0 Å². The molecule has 8 heteroatoms. The Balaban J connectivity index is -0.0000000267. The lowest BCUT2D eigenvalue weighted by atomic mass is 16.0. The molecule has 0 aliphatic heterocycles. The van der Waals surface area contributed by atoms with Crippen molar-refractivity contribution in [2.45, 2.75) is 0 Å². The summed E-state index contributed by atoms with van der Waals surface area (Å²) in [6, 6.07) is 0. The van der Waals surface area contributed by atoms with E-state index in [4.69, 9.17) is 0 Å². The second-order valence-electron chi connectivity index (χ2n) is 0.399. The van der Waals surface area contributed by atoms with Crippen molar-refractivity contribution in [2.75, 3.05) is 0 Å². The first-order valence-corrected chi connectivity index (χ1v) is 5.11. The van der Waals surface area contributed by atoms with Crippen molar-refractivity contribution in [1.82, 2.24) is 0 Å². The van der Waals surface area contributed by atoms with E-state index in [1.165, 1.54) is 0 Å². The Kier molecular flexibility index (Phi) is 26.7. The van der Waals surface area contributed by atoms with E-state index in [9.17, 15) is 4.57 Å². The Morgan fingerprint density at radius 3 is 0.875 bits per heavy atom. The summed E-state index contributed by atoms with van der Waals surface area (Å²) in [5.74, 6) is 0. The molecule has 0 heterocycles. The Morgan fingerprint density at radius 1 is 0.875 bits per heavy atom. The largest absolute Gasteiger partial charge is 0.339 e. The highest BCUT2D eigenvalue weighted by Crippen LogP contribution is 2.61. The molecule has 0 aromatic rings. The summed E-state index contributed by atoms with van der Waals surface area (Å²) in [5, 5.41) is -3.22. The van der Waals surface area contributed by atoms with Crippen LogP contribution in [0.1, 0.15) is 0 Å². The van der Waals surface area contributed by atoms with E-state index >= 15 is 0 Å². The SMILES string of the molecule is Br.Br.Br.O=P(Cl)(Cl)Cl. The summed E-state index contributed by atoms with van der Waals surface area (Å²) in [5.41, 5.74) is 0. The monoisotopic (exact) mass is 392 g/mol. The van der Waals surface area contributed by atoms with Crippen LogP contribution in [-0.4, -0.2) is 0 Å². The van der Waals surface area contributed by atoms with Crippen LogP contribution < -0.4 is 0 Å². The first kappa shape index (κ1) is 22.4. The van der Waals surface area contributed by atoms with Crippen LogP contribution in [0.5, 0.6) is 0 Å². The van der Waals surface area contributed by atoms with Crippen molar-refractivity contribution in [3.63, 3.8) is 0 Å². The summed E-state index contributed by atoms with van der Waals surface area (Å²) in [7, 11) is 0. The van der Waals surface area contributed by atoms with Crippen molar-refractivity contribution in [2.24, 2.45) is 0 Å². The lowest BCUT2D eigenvalue weighted by Gasteiger charge is -1.74. The van der Waals surface area contributed by atoms with E-state index in [2.05, 4.69) is 33.7 Å². The van der Waals surface area contributed by atoms with Gasteiger partial charge < -0.3 is 0 Å². The second-order valence-corrected chi connectivity index (χ2v) is 7.04. The van der Waals surface area contributed by atoms with Gasteiger partial charge in [-0.3, -0.25) is 4.57 Å². The number of rotatable bonds is 0. The van der Waals surface area contributed by atoms with Crippen LogP contribution in [-0.2, 0) is 4.57 Å². The molecule has 8 heavy (non-hydrogen) atoms. The van der Waals surface area contributed by atoms with E-state index in [-0.39, 0.29) is 50.9 Å². The van der Waals surface area contributed by atoms with E-state index in [1.54, 1.807) is 0 Å². The third kappa shape index (κ3) is 75.3. The molecule has 0 unspecified atom stereocenters. The molecule has 1 nitrogen and oxygen atoms in total. The molecule has 0 rings (SSSR count). The molecule has 0 fully saturated rings.